The minimum absolute atomic E-state index is 0.288. The number of nitrogens with one attached hydrogen (secondary N) is 1. The van der Waals surface area contributed by atoms with Gasteiger partial charge in [-0.2, -0.15) is 5.10 Å². The van der Waals surface area contributed by atoms with Gasteiger partial charge in [0.05, 0.1) is 11.8 Å². The van der Waals surface area contributed by atoms with Crippen LogP contribution in [-0.2, 0) is 4.79 Å². The number of benzene rings is 1. The molecular formula is C12H10ClN3O3. The van der Waals surface area contributed by atoms with Crippen molar-refractivity contribution in [1.29, 1.82) is 0 Å². The zero-order chi connectivity index (χ0) is 13.8. The average molecular weight is 280 g/mol. The van der Waals surface area contributed by atoms with Gasteiger partial charge in [-0.15, -0.1) is 0 Å². The minimum Gasteiger partial charge on any atom is -0.480 e. The van der Waals surface area contributed by atoms with Crippen molar-refractivity contribution in [3.05, 3.63) is 47.2 Å². The zero-order valence-electron chi connectivity index (χ0n) is 9.71. The summed E-state index contributed by atoms with van der Waals surface area (Å²) in [6.45, 7) is -0.439. The van der Waals surface area contributed by atoms with Gasteiger partial charge in [0, 0.05) is 16.9 Å². The van der Waals surface area contributed by atoms with E-state index in [9.17, 15) is 9.59 Å². The van der Waals surface area contributed by atoms with Crippen LogP contribution in [-0.4, -0.2) is 33.7 Å². The molecule has 6 nitrogen and oxygen atoms in total. The fourth-order valence-corrected chi connectivity index (χ4v) is 1.69. The molecule has 0 aliphatic carbocycles. The normalized spacial score (nSPS) is 10.2. The molecule has 0 saturated carbocycles. The van der Waals surface area contributed by atoms with Gasteiger partial charge in [-0.05, 0) is 24.3 Å². The lowest BCUT2D eigenvalue weighted by molar-refractivity contribution is -0.135. The zero-order valence-corrected chi connectivity index (χ0v) is 10.5. The Morgan fingerprint density at radius 3 is 2.53 bits per heavy atom. The van der Waals surface area contributed by atoms with E-state index >= 15 is 0 Å². The maximum Gasteiger partial charge on any atom is 0.323 e. The third-order valence-electron chi connectivity index (χ3n) is 2.42. The molecule has 98 valence electrons. The Morgan fingerprint density at radius 1 is 1.32 bits per heavy atom. The summed E-state index contributed by atoms with van der Waals surface area (Å²) in [7, 11) is 0. The molecule has 2 rings (SSSR count). The largest absolute Gasteiger partial charge is 0.480 e. The lowest BCUT2D eigenvalue weighted by atomic mass is 10.2. The lowest BCUT2D eigenvalue weighted by Crippen LogP contribution is -2.35. The third kappa shape index (κ3) is 3.11. The van der Waals surface area contributed by atoms with Crippen LogP contribution in [0.25, 0.3) is 0 Å². The number of amides is 1. The topological polar surface area (TPSA) is 86.3 Å². The Bertz CT molecular complexity index is 581. The molecule has 1 heterocycles. The van der Waals surface area contributed by atoms with E-state index < -0.39 is 18.4 Å². The van der Waals surface area contributed by atoms with Crippen molar-refractivity contribution in [2.24, 2.45) is 0 Å². The summed E-state index contributed by atoms with van der Waals surface area (Å²) in [5.74, 6) is -1.55. The molecule has 0 bridgehead atoms. The summed E-state index contributed by atoms with van der Waals surface area (Å²) in [6, 6.07) is 6.36. The van der Waals surface area contributed by atoms with E-state index in [1.165, 1.54) is 12.4 Å². The fourth-order valence-electron chi connectivity index (χ4n) is 1.56. The summed E-state index contributed by atoms with van der Waals surface area (Å²) in [5, 5.41) is 15.6. The summed E-state index contributed by atoms with van der Waals surface area (Å²) in [6.07, 6.45) is 2.75. The van der Waals surface area contributed by atoms with Gasteiger partial charge in [0.25, 0.3) is 5.91 Å². The highest BCUT2D eigenvalue weighted by Crippen LogP contribution is 2.19. The highest BCUT2D eigenvalue weighted by molar-refractivity contribution is 6.30. The van der Waals surface area contributed by atoms with E-state index in [1.807, 2.05) is 0 Å². The second-order valence-corrected chi connectivity index (χ2v) is 4.18. The van der Waals surface area contributed by atoms with Gasteiger partial charge >= 0.3 is 5.97 Å². The number of rotatable bonds is 4. The number of carboxylic acid groups (broad SMARTS) is 1. The molecule has 0 fully saturated rings. The first-order valence-electron chi connectivity index (χ1n) is 5.36. The molecule has 7 heteroatoms. The molecule has 2 aromatic rings. The molecular weight excluding hydrogens is 270 g/mol. The monoisotopic (exact) mass is 279 g/mol. The lowest BCUT2D eigenvalue weighted by Gasteiger charge is -2.20. The summed E-state index contributed by atoms with van der Waals surface area (Å²) < 4.78 is 0. The van der Waals surface area contributed by atoms with Crippen molar-refractivity contribution >= 4 is 29.2 Å². The van der Waals surface area contributed by atoms with Gasteiger partial charge < -0.3 is 5.11 Å². The first kappa shape index (κ1) is 13.1. The Hall–Kier alpha value is -2.34. The Balaban J connectivity index is 2.33. The second-order valence-electron chi connectivity index (χ2n) is 3.75. The number of aromatic amines is 1. The molecule has 0 aliphatic heterocycles. The highest BCUT2D eigenvalue weighted by Gasteiger charge is 2.21. The molecule has 0 aliphatic rings. The van der Waals surface area contributed by atoms with Gasteiger partial charge in [0.2, 0.25) is 0 Å². The van der Waals surface area contributed by atoms with Crippen LogP contribution in [0.4, 0.5) is 5.69 Å². The smallest absolute Gasteiger partial charge is 0.323 e. The number of aromatic nitrogens is 2. The Morgan fingerprint density at radius 2 is 2.00 bits per heavy atom. The van der Waals surface area contributed by atoms with Crippen LogP contribution in [0.2, 0.25) is 5.02 Å². The summed E-state index contributed by atoms with van der Waals surface area (Å²) in [4.78, 5) is 24.2. The molecule has 0 unspecified atom stereocenters. The number of hydrogen-bond acceptors (Lipinski definition) is 3. The molecule has 0 radical (unpaired) electrons. The number of halogens is 1. The quantitative estimate of drug-likeness (QED) is 0.893. The van der Waals surface area contributed by atoms with Crippen LogP contribution < -0.4 is 4.90 Å². The number of aliphatic carboxylic acids is 1. The number of carboxylic acids is 1. The second kappa shape index (κ2) is 5.53. The van der Waals surface area contributed by atoms with Gasteiger partial charge in [-0.25, -0.2) is 0 Å². The molecule has 0 spiro atoms. The predicted molar refractivity (Wildman–Crippen MR) is 69.4 cm³/mol. The van der Waals surface area contributed by atoms with E-state index in [4.69, 9.17) is 16.7 Å². The first-order chi connectivity index (χ1) is 9.08. The van der Waals surface area contributed by atoms with E-state index in [0.29, 0.717) is 10.7 Å². The number of nitrogens with zero attached hydrogens (tertiary/aromatic N) is 2. The van der Waals surface area contributed by atoms with Crippen LogP contribution in [0.15, 0.2) is 36.7 Å². The molecule has 19 heavy (non-hydrogen) atoms. The number of H-pyrrole nitrogens is 1. The maximum absolute atomic E-state index is 12.2. The van der Waals surface area contributed by atoms with Crippen molar-refractivity contribution in [3.8, 4) is 0 Å². The van der Waals surface area contributed by atoms with Crippen molar-refractivity contribution in [2.45, 2.75) is 0 Å². The SMILES string of the molecule is O=C(O)CN(C(=O)c1cn[nH]c1)c1ccc(Cl)cc1. The fraction of sp³-hybridized carbons (Fsp3) is 0.0833. The molecule has 1 aromatic heterocycles. The minimum atomic E-state index is -1.10. The van der Waals surface area contributed by atoms with E-state index in [1.54, 1.807) is 24.3 Å². The van der Waals surface area contributed by atoms with Gasteiger partial charge in [0.1, 0.15) is 6.54 Å². The summed E-state index contributed by atoms with van der Waals surface area (Å²) in [5.41, 5.74) is 0.745. The molecule has 0 atom stereocenters. The van der Waals surface area contributed by atoms with Crippen molar-refractivity contribution in [1.82, 2.24) is 10.2 Å². The molecule has 1 aromatic carbocycles. The van der Waals surface area contributed by atoms with E-state index in [0.717, 1.165) is 4.90 Å². The van der Waals surface area contributed by atoms with Crippen LogP contribution >= 0.6 is 11.6 Å². The molecule has 0 saturated heterocycles. The van der Waals surface area contributed by atoms with Gasteiger partial charge in [-0.3, -0.25) is 19.6 Å². The average Bonchev–Trinajstić information content (AvgIpc) is 2.90. The standard InChI is InChI=1S/C12H10ClN3O3/c13-9-1-3-10(4-2-9)16(7-11(17)18)12(19)8-5-14-15-6-8/h1-6H,7H2,(H,14,15)(H,17,18). The van der Waals surface area contributed by atoms with Crippen molar-refractivity contribution < 1.29 is 14.7 Å². The first-order valence-corrected chi connectivity index (χ1v) is 5.73. The van der Waals surface area contributed by atoms with Gasteiger partial charge in [0.15, 0.2) is 0 Å². The van der Waals surface area contributed by atoms with Crippen molar-refractivity contribution in [2.75, 3.05) is 11.4 Å². The maximum atomic E-state index is 12.2. The molecule has 1 amide bonds. The van der Waals surface area contributed by atoms with E-state index in [2.05, 4.69) is 10.2 Å². The van der Waals surface area contributed by atoms with Crippen LogP contribution in [0, 0.1) is 0 Å². The predicted octanol–water partition coefficient (Wildman–Crippen LogP) is 1.79. The highest BCUT2D eigenvalue weighted by atomic mass is 35.5. The Labute approximate surface area is 113 Å². The van der Waals surface area contributed by atoms with Crippen LogP contribution in [0.3, 0.4) is 0 Å². The van der Waals surface area contributed by atoms with E-state index in [-0.39, 0.29) is 5.56 Å². The third-order valence-corrected chi connectivity index (χ3v) is 2.67. The summed E-state index contributed by atoms with van der Waals surface area (Å²) >= 11 is 5.77. The van der Waals surface area contributed by atoms with Crippen LogP contribution in [0.5, 0.6) is 0 Å². The van der Waals surface area contributed by atoms with Gasteiger partial charge in [-0.1, -0.05) is 11.6 Å². The number of carbonyl (C=O) groups excluding carboxylic acids is 1. The number of anilines is 1. The number of carbonyl (C=O) groups is 2. The van der Waals surface area contributed by atoms with Crippen molar-refractivity contribution in [3.63, 3.8) is 0 Å². The van der Waals surface area contributed by atoms with Crippen LogP contribution in [0.1, 0.15) is 10.4 Å². The molecule has 2 N–H and O–H groups in total. The Kier molecular flexibility index (Phi) is 3.82. The number of hydrogen-bond donors (Lipinski definition) is 2.